The number of aliphatic hydroxyl groups is 1. The largest absolute Gasteiger partial charge is 0.469 e. The summed E-state index contributed by atoms with van der Waals surface area (Å²) < 4.78 is 18.0. The van der Waals surface area contributed by atoms with E-state index in [-0.39, 0.29) is 29.3 Å². The molecule has 1 aliphatic heterocycles. The lowest BCUT2D eigenvalue weighted by Crippen LogP contribution is -2.54. The van der Waals surface area contributed by atoms with Gasteiger partial charge in [0.2, 0.25) is 0 Å². The van der Waals surface area contributed by atoms with Gasteiger partial charge < -0.3 is 19.0 Å². The fourth-order valence-corrected chi connectivity index (χ4v) is 5.10. The van der Waals surface area contributed by atoms with Gasteiger partial charge in [0.25, 0.3) is 0 Å². The number of fused-ring (bicyclic) bond motifs is 1. The highest BCUT2D eigenvalue weighted by molar-refractivity contribution is 5.88. The Balaban J connectivity index is 1.81. The minimum absolute atomic E-state index is 0.215. The molecule has 0 aromatic carbocycles. The minimum Gasteiger partial charge on any atom is -0.469 e. The zero-order chi connectivity index (χ0) is 18.0. The van der Waals surface area contributed by atoms with Crippen molar-refractivity contribution in [2.75, 3.05) is 6.61 Å². The van der Waals surface area contributed by atoms with Crippen LogP contribution in [0.2, 0.25) is 0 Å². The van der Waals surface area contributed by atoms with Gasteiger partial charge >= 0.3 is 5.97 Å². The second kappa shape index (κ2) is 5.45. The van der Waals surface area contributed by atoms with Gasteiger partial charge in [-0.25, -0.2) is 4.79 Å². The van der Waals surface area contributed by atoms with E-state index in [2.05, 4.69) is 13.8 Å². The average Bonchev–Trinajstić information content (AvgIpc) is 3.19. The molecular weight excluding hydrogens is 320 g/mol. The Morgan fingerprint density at radius 1 is 1.48 bits per heavy atom. The molecule has 1 N–H and O–H groups in total. The van der Waals surface area contributed by atoms with Crippen LogP contribution in [0.5, 0.6) is 0 Å². The zero-order valence-electron chi connectivity index (χ0n) is 15.3. The molecule has 5 nitrogen and oxygen atoms in total. The topological polar surface area (TPSA) is 72.2 Å². The predicted octanol–water partition coefficient (Wildman–Crippen LogP) is 3.24. The van der Waals surface area contributed by atoms with Crippen molar-refractivity contribution in [1.82, 2.24) is 0 Å². The maximum Gasteiger partial charge on any atom is 0.336 e. The molecule has 5 heteroatoms. The van der Waals surface area contributed by atoms with E-state index in [0.29, 0.717) is 5.92 Å². The van der Waals surface area contributed by atoms with Crippen LogP contribution in [-0.2, 0) is 20.7 Å². The fraction of sp³-hybridized carbons (Fsp3) is 0.650. The van der Waals surface area contributed by atoms with Gasteiger partial charge in [0.05, 0.1) is 24.5 Å². The summed E-state index contributed by atoms with van der Waals surface area (Å²) in [6.45, 7) is 7.82. The van der Waals surface area contributed by atoms with E-state index in [1.807, 2.05) is 6.92 Å². The van der Waals surface area contributed by atoms with Crippen molar-refractivity contribution in [2.24, 2.45) is 11.3 Å². The Labute approximate surface area is 148 Å². The molecule has 136 valence electrons. The zero-order valence-corrected chi connectivity index (χ0v) is 15.3. The van der Waals surface area contributed by atoms with Crippen LogP contribution < -0.4 is 0 Å². The molecule has 1 spiro atoms. The number of esters is 1. The maximum atomic E-state index is 12.6. The molecule has 1 aromatic rings. The summed E-state index contributed by atoms with van der Waals surface area (Å²) in [4.78, 5) is 12.6. The van der Waals surface area contributed by atoms with E-state index in [0.717, 1.165) is 36.1 Å². The van der Waals surface area contributed by atoms with Crippen molar-refractivity contribution in [1.29, 1.82) is 0 Å². The number of rotatable bonds is 3. The first-order chi connectivity index (χ1) is 11.9. The first-order valence-electron chi connectivity index (χ1n) is 9.10. The highest BCUT2D eigenvalue weighted by Crippen LogP contribution is 2.69. The molecule has 0 amide bonds. The smallest absolute Gasteiger partial charge is 0.336 e. The van der Waals surface area contributed by atoms with Gasteiger partial charge in [0.15, 0.2) is 0 Å². The average molecular weight is 346 g/mol. The maximum absolute atomic E-state index is 12.6. The fourth-order valence-electron chi connectivity index (χ4n) is 5.10. The van der Waals surface area contributed by atoms with Crippen LogP contribution in [0, 0.1) is 18.3 Å². The van der Waals surface area contributed by atoms with Gasteiger partial charge in [0, 0.05) is 17.4 Å². The number of aliphatic hydroxyl groups excluding tert-OH is 1. The lowest BCUT2D eigenvalue weighted by molar-refractivity contribution is -0.164. The molecule has 5 atom stereocenters. The first kappa shape index (κ1) is 16.9. The van der Waals surface area contributed by atoms with E-state index < -0.39 is 12.1 Å². The summed E-state index contributed by atoms with van der Waals surface area (Å²) in [5, 5.41) is 9.43. The molecule has 1 saturated carbocycles. The lowest BCUT2D eigenvalue weighted by atomic mass is 9.53. The number of epoxide rings is 1. The standard InChI is InChI=1S/C20H26O5/c1-5-13(9-21)18(22)24-17-16-11(2)10-23-14(16)8-20-15(25-20)7-6-12(3)19(17,20)4/h5,10,12,15,17,21H,6-9H2,1-4H3/t12-,15+,17+,19-,20+/m0/s1. The van der Waals surface area contributed by atoms with Gasteiger partial charge in [-0.1, -0.05) is 19.9 Å². The number of hydrogen-bond acceptors (Lipinski definition) is 5. The van der Waals surface area contributed by atoms with Crippen molar-refractivity contribution < 1.29 is 23.8 Å². The Kier molecular flexibility index (Phi) is 3.68. The van der Waals surface area contributed by atoms with Crippen LogP contribution >= 0.6 is 0 Å². The minimum atomic E-state index is -0.463. The predicted molar refractivity (Wildman–Crippen MR) is 90.9 cm³/mol. The summed E-state index contributed by atoms with van der Waals surface area (Å²) in [7, 11) is 0. The van der Waals surface area contributed by atoms with Crippen LogP contribution in [0.25, 0.3) is 0 Å². The third-order valence-corrected chi connectivity index (χ3v) is 6.95. The summed E-state index contributed by atoms with van der Waals surface area (Å²) in [6.07, 6.45) is 5.98. The normalized spacial score (nSPS) is 39.2. The summed E-state index contributed by atoms with van der Waals surface area (Å²) in [6, 6.07) is 0. The molecule has 25 heavy (non-hydrogen) atoms. The number of carbonyl (C=O) groups excluding carboxylic acids is 1. The van der Waals surface area contributed by atoms with Gasteiger partial charge in [-0.05, 0) is 38.2 Å². The van der Waals surface area contributed by atoms with Gasteiger partial charge in [-0.3, -0.25) is 0 Å². The lowest BCUT2D eigenvalue weighted by Gasteiger charge is -2.50. The molecule has 2 heterocycles. The third kappa shape index (κ3) is 2.05. The molecule has 0 radical (unpaired) electrons. The third-order valence-electron chi connectivity index (χ3n) is 6.95. The quantitative estimate of drug-likeness (QED) is 0.517. The van der Waals surface area contributed by atoms with Crippen LogP contribution in [0.1, 0.15) is 56.6 Å². The van der Waals surface area contributed by atoms with Gasteiger partial charge in [-0.2, -0.15) is 0 Å². The van der Waals surface area contributed by atoms with Crippen LogP contribution in [0.4, 0.5) is 0 Å². The summed E-state index contributed by atoms with van der Waals surface area (Å²) in [5.74, 6) is 0.764. The number of ether oxygens (including phenoxy) is 2. The van der Waals surface area contributed by atoms with E-state index in [1.54, 1.807) is 19.3 Å². The van der Waals surface area contributed by atoms with Crippen molar-refractivity contribution >= 4 is 5.97 Å². The molecule has 0 bridgehead atoms. The number of allylic oxidation sites excluding steroid dienone is 1. The summed E-state index contributed by atoms with van der Waals surface area (Å²) >= 11 is 0. The highest BCUT2D eigenvalue weighted by atomic mass is 16.6. The molecule has 2 fully saturated rings. The van der Waals surface area contributed by atoms with Crippen molar-refractivity contribution in [3.05, 3.63) is 34.8 Å². The van der Waals surface area contributed by atoms with E-state index in [4.69, 9.17) is 13.9 Å². The first-order valence-corrected chi connectivity index (χ1v) is 9.10. The van der Waals surface area contributed by atoms with Crippen LogP contribution in [0.3, 0.4) is 0 Å². The molecule has 2 aliphatic carbocycles. The highest BCUT2D eigenvalue weighted by Gasteiger charge is 2.75. The SMILES string of the molecule is CC=C(CO)C(=O)O[C@@H]1c2c(C)coc2C[C@@]23O[C@@H]2CC[C@H](C)[C@@]13C. The second-order valence-electron chi connectivity index (χ2n) is 7.95. The number of hydrogen-bond donors (Lipinski definition) is 1. The molecule has 1 saturated heterocycles. The number of aryl methyl sites for hydroxylation is 1. The monoisotopic (exact) mass is 346 g/mol. The Hall–Kier alpha value is -1.59. The van der Waals surface area contributed by atoms with Gasteiger partial charge in [-0.15, -0.1) is 0 Å². The Morgan fingerprint density at radius 2 is 2.24 bits per heavy atom. The molecule has 4 rings (SSSR count). The molecule has 3 aliphatic rings. The number of furan rings is 1. The van der Waals surface area contributed by atoms with Crippen molar-refractivity contribution in [2.45, 2.75) is 64.8 Å². The Bertz CT molecular complexity index is 747. The van der Waals surface area contributed by atoms with E-state index >= 15 is 0 Å². The number of carbonyl (C=O) groups is 1. The second-order valence-corrected chi connectivity index (χ2v) is 7.95. The van der Waals surface area contributed by atoms with Crippen LogP contribution in [0.15, 0.2) is 22.3 Å². The van der Waals surface area contributed by atoms with Crippen molar-refractivity contribution in [3.8, 4) is 0 Å². The summed E-state index contributed by atoms with van der Waals surface area (Å²) in [5.41, 5.74) is 1.66. The van der Waals surface area contributed by atoms with E-state index in [1.165, 1.54) is 0 Å². The molecular formula is C20H26O5. The molecule has 1 aromatic heterocycles. The molecule has 0 unspecified atom stereocenters. The Morgan fingerprint density at radius 3 is 2.92 bits per heavy atom. The van der Waals surface area contributed by atoms with E-state index in [9.17, 15) is 9.90 Å². The van der Waals surface area contributed by atoms with Gasteiger partial charge in [0.1, 0.15) is 17.5 Å². The van der Waals surface area contributed by atoms with Crippen molar-refractivity contribution in [3.63, 3.8) is 0 Å². The van der Waals surface area contributed by atoms with Crippen LogP contribution in [-0.4, -0.2) is 29.4 Å².